The number of hydrogen-bond donors (Lipinski definition) is 1. The Morgan fingerprint density at radius 3 is 2.45 bits per heavy atom. The smallest absolute Gasteiger partial charge is 0.257 e. The zero-order valence-electron chi connectivity index (χ0n) is 18.2. The van der Waals surface area contributed by atoms with E-state index in [1.165, 1.54) is 0 Å². The van der Waals surface area contributed by atoms with Gasteiger partial charge in [-0.25, -0.2) is 5.01 Å². The molecule has 1 atom stereocenters. The number of hydrogen-bond acceptors (Lipinski definition) is 5. The Bertz CT molecular complexity index is 912. The zero-order valence-corrected chi connectivity index (χ0v) is 18.2. The Morgan fingerprint density at radius 1 is 1.13 bits per heavy atom. The number of nitrogens with zero attached hydrogens (tertiary/aromatic N) is 3. The van der Waals surface area contributed by atoms with Crippen LogP contribution in [-0.2, 0) is 9.59 Å². The van der Waals surface area contributed by atoms with Gasteiger partial charge in [0.25, 0.3) is 5.91 Å². The monoisotopic (exact) mass is 422 g/mol. The molecule has 0 bridgehead atoms. The Hall–Kier alpha value is -3.19. The first-order valence-corrected chi connectivity index (χ1v) is 10.6. The molecule has 0 saturated heterocycles. The molecule has 0 aromatic heterocycles. The Morgan fingerprint density at radius 2 is 1.84 bits per heavy atom. The van der Waals surface area contributed by atoms with Crippen LogP contribution in [-0.4, -0.2) is 54.2 Å². The minimum Gasteiger partial charge on any atom is -0.497 e. The second-order valence-corrected chi connectivity index (χ2v) is 7.67. The number of ether oxygens (including phenoxy) is 1. The first-order chi connectivity index (χ1) is 15.0. The molecule has 7 heteroatoms. The van der Waals surface area contributed by atoms with E-state index in [-0.39, 0.29) is 25.0 Å². The van der Waals surface area contributed by atoms with Gasteiger partial charge in [-0.15, -0.1) is 0 Å². The second-order valence-electron chi connectivity index (χ2n) is 7.67. The SMILES string of the molecule is CCCCN(CC(N)=O)CC(=O)N1N=C(c2ccccc2)CC1c1ccc(OC)cc1. The summed E-state index contributed by atoms with van der Waals surface area (Å²) < 4.78 is 5.26. The van der Waals surface area contributed by atoms with Crippen molar-refractivity contribution in [3.05, 3.63) is 65.7 Å². The van der Waals surface area contributed by atoms with Crippen molar-refractivity contribution in [2.75, 3.05) is 26.7 Å². The van der Waals surface area contributed by atoms with Crippen molar-refractivity contribution in [1.82, 2.24) is 9.91 Å². The molecule has 1 unspecified atom stereocenters. The normalized spacial score (nSPS) is 15.8. The predicted octanol–water partition coefficient (Wildman–Crippen LogP) is 2.96. The number of carbonyl (C=O) groups is 2. The van der Waals surface area contributed by atoms with Crippen molar-refractivity contribution in [1.29, 1.82) is 0 Å². The van der Waals surface area contributed by atoms with Gasteiger partial charge in [-0.2, -0.15) is 5.10 Å². The Balaban J connectivity index is 1.85. The van der Waals surface area contributed by atoms with Crippen molar-refractivity contribution < 1.29 is 14.3 Å². The maximum absolute atomic E-state index is 13.3. The van der Waals surface area contributed by atoms with E-state index in [0.717, 1.165) is 35.4 Å². The van der Waals surface area contributed by atoms with Crippen LogP contribution < -0.4 is 10.5 Å². The molecule has 164 valence electrons. The van der Waals surface area contributed by atoms with Gasteiger partial charge in [-0.1, -0.05) is 55.8 Å². The molecule has 0 aliphatic carbocycles. The van der Waals surface area contributed by atoms with E-state index in [0.29, 0.717) is 13.0 Å². The average Bonchev–Trinajstić information content (AvgIpc) is 3.23. The standard InChI is InChI=1S/C24H30N4O3/c1-3-4-14-27(16-23(25)29)17-24(30)28-22(19-10-12-20(31-2)13-11-19)15-21(26-28)18-8-6-5-7-9-18/h5-13,22H,3-4,14-17H2,1-2H3,(H2,25,29). The molecule has 31 heavy (non-hydrogen) atoms. The second kappa shape index (κ2) is 10.7. The van der Waals surface area contributed by atoms with E-state index in [1.807, 2.05) is 54.6 Å². The Labute approximate surface area is 183 Å². The molecule has 0 saturated carbocycles. The van der Waals surface area contributed by atoms with Crippen LogP contribution in [0.5, 0.6) is 5.75 Å². The van der Waals surface area contributed by atoms with Gasteiger partial charge in [-0.05, 0) is 36.2 Å². The van der Waals surface area contributed by atoms with Crippen LogP contribution in [0.2, 0.25) is 0 Å². The van der Waals surface area contributed by atoms with Crippen molar-refractivity contribution in [2.45, 2.75) is 32.2 Å². The number of carbonyl (C=O) groups excluding carboxylic acids is 2. The number of methoxy groups -OCH3 is 1. The minimum atomic E-state index is -0.439. The maximum Gasteiger partial charge on any atom is 0.257 e. The van der Waals surface area contributed by atoms with E-state index in [4.69, 9.17) is 15.6 Å². The molecule has 2 aromatic rings. The molecule has 1 heterocycles. The summed E-state index contributed by atoms with van der Waals surface area (Å²) in [6.45, 7) is 2.87. The van der Waals surface area contributed by atoms with Crippen molar-refractivity contribution in [3.63, 3.8) is 0 Å². The Kier molecular flexibility index (Phi) is 7.78. The quantitative estimate of drug-likeness (QED) is 0.638. The number of rotatable bonds is 10. The lowest BCUT2D eigenvalue weighted by molar-refractivity contribution is -0.134. The molecule has 7 nitrogen and oxygen atoms in total. The lowest BCUT2D eigenvalue weighted by Gasteiger charge is -2.26. The first-order valence-electron chi connectivity index (χ1n) is 10.6. The number of amides is 2. The molecule has 2 aromatic carbocycles. The molecule has 1 aliphatic rings. The third kappa shape index (κ3) is 5.92. The molecule has 2 N–H and O–H groups in total. The van der Waals surface area contributed by atoms with Crippen LogP contribution in [0.25, 0.3) is 0 Å². The van der Waals surface area contributed by atoms with Crippen LogP contribution in [0.3, 0.4) is 0 Å². The fraction of sp³-hybridized carbons (Fsp3) is 0.375. The maximum atomic E-state index is 13.3. The molecule has 0 fully saturated rings. The average molecular weight is 423 g/mol. The fourth-order valence-corrected chi connectivity index (χ4v) is 3.71. The molecular weight excluding hydrogens is 392 g/mol. The number of nitrogens with two attached hydrogens (primary N) is 1. The van der Waals surface area contributed by atoms with Gasteiger partial charge in [-0.3, -0.25) is 14.5 Å². The number of unbranched alkanes of at least 4 members (excludes halogenated alkanes) is 1. The highest BCUT2D eigenvalue weighted by Crippen LogP contribution is 2.33. The first kappa shape index (κ1) is 22.5. The van der Waals surface area contributed by atoms with Crippen LogP contribution in [0.15, 0.2) is 59.7 Å². The summed E-state index contributed by atoms with van der Waals surface area (Å²) in [5.41, 5.74) is 8.24. The molecule has 3 rings (SSSR count). The van der Waals surface area contributed by atoms with Crippen LogP contribution in [0.4, 0.5) is 0 Å². The van der Waals surface area contributed by atoms with Gasteiger partial charge in [0.1, 0.15) is 5.75 Å². The summed E-state index contributed by atoms with van der Waals surface area (Å²) >= 11 is 0. The molecule has 2 amide bonds. The highest BCUT2D eigenvalue weighted by Gasteiger charge is 2.33. The van der Waals surface area contributed by atoms with E-state index < -0.39 is 5.91 Å². The highest BCUT2D eigenvalue weighted by molar-refractivity contribution is 6.03. The summed E-state index contributed by atoms with van der Waals surface area (Å²) in [4.78, 5) is 26.6. The molecular formula is C24H30N4O3. The van der Waals surface area contributed by atoms with Gasteiger partial charge in [0.05, 0.1) is 32.0 Å². The summed E-state index contributed by atoms with van der Waals surface area (Å²) in [7, 11) is 1.63. The third-order valence-corrected chi connectivity index (χ3v) is 5.34. The number of hydrazone groups is 1. The van der Waals surface area contributed by atoms with E-state index >= 15 is 0 Å². The fourth-order valence-electron chi connectivity index (χ4n) is 3.71. The summed E-state index contributed by atoms with van der Waals surface area (Å²) in [6.07, 6.45) is 2.48. The van der Waals surface area contributed by atoms with Crippen LogP contribution in [0.1, 0.15) is 43.4 Å². The summed E-state index contributed by atoms with van der Waals surface area (Å²) in [5, 5.41) is 6.26. The van der Waals surface area contributed by atoms with E-state index in [2.05, 4.69) is 6.92 Å². The summed E-state index contributed by atoms with van der Waals surface area (Å²) in [6, 6.07) is 17.4. The lowest BCUT2D eigenvalue weighted by Crippen LogP contribution is -2.42. The van der Waals surface area contributed by atoms with Crippen molar-refractivity contribution in [3.8, 4) is 5.75 Å². The van der Waals surface area contributed by atoms with Gasteiger partial charge in [0.15, 0.2) is 0 Å². The third-order valence-electron chi connectivity index (χ3n) is 5.34. The predicted molar refractivity (Wildman–Crippen MR) is 121 cm³/mol. The van der Waals surface area contributed by atoms with Gasteiger partial charge < -0.3 is 10.5 Å². The van der Waals surface area contributed by atoms with Crippen LogP contribution in [0, 0.1) is 0 Å². The zero-order chi connectivity index (χ0) is 22.2. The molecule has 0 radical (unpaired) electrons. The highest BCUT2D eigenvalue weighted by atomic mass is 16.5. The van der Waals surface area contributed by atoms with Gasteiger partial charge >= 0.3 is 0 Å². The van der Waals surface area contributed by atoms with Crippen LogP contribution >= 0.6 is 0 Å². The largest absolute Gasteiger partial charge is 0.497 e. The van der Waals surface area contributed by atoms with Gasteiger partial charge in [0.2, 0.25) is 5.91 Å². The number of benzene rings is 2. The minimum absolute atomic E-state index is 0.0576. The summed E-state index contributed by atoms with van der Waals surface area (Å²) in [5.74, 6) is 0.172. The number of primary amides is 1. The van der Waals surface area contributed by atoms with Crippen molar-refractivity contribution >= 4 is 17.5 Å². The molecule has 1 aliphatic heterocycles. The van der Waals surface area contributed by atoms with E-state index in [1.54, 1.807) is 17.0 Å². The molecule has 0 spiro atoms. The lowest BCUT2D eigenvalue weighted by atomic mass is 9.98. The van der Waals surface area contributed by atoms with Gasteiger partial charge in [0, 0.05) is 6.42 Å². The van der Waals surface area contributed by atoms with Crippen molar-refractivity contribution in [2.24, 2.45) is 10.8 Å². The topological polar surface area (TPSA) is 88.2 Å². The van der Waals surface area contributed by atoms with E-state index in [9.17, 15) is 9.59 Å².